The van der Waals surface area contributed by atoms with Crippen LogP contribution in [0.5, 0.6) is 0 Å². The first kappa shape index (κ1) is 12.4. The van der Waals surface area contributed by atoms with Gasteiger partial charge in [0.05, 0.1) is 11.7 Å². The predicted octanol–water partition coefficient (Wildman–Crippen LogP) is 1.41. The van der Waals surface area contributed by atoms with Crippen molar-refractivity contribution in [1.29, 1.82) is 5.26 Å². The van der Waals surface area contributed by atoms with Gasteiger partial charge in [-0.3, -0.25) is 4.79 Å². The lowest BCUT2D eigenvalue weighted by molar-refractivity contribution is 0.0916. The van der Waals surface area contributed by atoms with E-state index in [2.05, 4.69) is 10.3 Å². The van der Waals surface area contributed by atoms with E-state index in [-0.39, 0.29) is 12.5 Å². The third kappa shape index (κ3) is 2.77. The molecule has 2 aromatic heterocycles. The Morgan fingerprint density at radius 2 is 2.50 bits per heavy atom. The Morgan fingerprint density at radius 1 is 1.67 bits per heavy atom. The van der Waals surface area contributed by atoms with Crippen molar-refractivity contribution in [3.05, 3.63) is 45.9 Å². The quantitative estimate of drug-likeness (QED) is 0.777. The fraction of sp³-hybridized carbons (Fsp3) is 0.167. The Kier molecular flexibility index (Phi) is 3.77. The second-order valence-corrected chi connectivity index (χ2v) is 4.48. The first-order chi connectivity index (χ1) is 8.70. The molecule has 18 heavy (non-hydrogen) atoms. The van der Waals surface area contributed by atoms with Crippen LogP contribution in [0.4, 0.5) is 0 Å². The number of aliphatic hydroxyl groups excluding tert-OH is 1. The Hall–Kier alpha value is -2.10. The van der Waals surface area contributed by atoms with Crippen LogP contribution < -0.4 is 5.32 Å². The van der Waals surface area contributed by atoms with Gasteiger partial charge in [0.15, 0.2) is 0 Å². The number of amides is 1. The average molecular weight is 261 g/mol. The number of aromatic nitrogens is 1. The molecule has 0 radical (unpaired) electrons. The molecule has 0 saturated heterocycles. The summed E-state index contributed by atoms with van der Waals surface area (Å²) in [5.41, 5.74) is 1.50. The average Bonchev–Trinajstić information content (AvgIpc) is 3.05. The van der Waals surface area contributed by atoms with E-state index in [1.54, 1.807) is 0 Å². The van der Waals surface area contributed by atoms with Crippen molar-refractivity contribution < 1.29 is 9.90 Å². The van der Waals surface area contributed by atoms with Gasteiger partial charge in [-0.15, -0.1) is 0 Å². The number of carbonyl (C=O) groups is 1. The van der Waals surface area contributed by atoms with Crippen LogP contribution in [0, 0.1) is 11.3 Å². The number of thiophene rings is 1. The molecular formula is C12H11N3O2S. The number of rotatable bonds is 4. The second kappa shape index (κ2) is 5.49. The maximum absolute atomic E-state index is 11.7. The molecule has 0 aliphatic carbocycles. The van der Waals surface area contributed by atoms with Crippen molar-refractivity contribution in [1.82, 2.24) is 10.3 Å². The number of nitriles is 1. The third-order valence-corrected chi connectivity index (χ3v) is 3.15. The van der Waals surface area contributed by atoms with Crippen LogP contribution in [-0.4, -0.2) is 22.5 Å². The number of hydrogen-bond donors (Lipinski definition) is 3. The van der Waals surface area contributed by atoms with Gasteiger partial charge < -0.3 is 15.4 Å². The smallest absolute Gasteiger partial charge is 0.252 e. The predicted molar refractivity (Wildman–Crippen MR) is 67.1 cm³/mol. The number of nitrogens with one attached hydrogen (secondary N) is 2. The van der Waals surface area contributed by atoms with E-state index in [4.69, 9.17) is 5.26 Å². The molecule has 2 aromatic rings. The largest absolute Gasteiger partial charge is 0.387 e. The van der Waals surface area contributed by atoms with E-state index in [1.165, 1.54) is 23.6 Å². The van der Waals surface area contributed by atoms with Crippen LogP contribution in [0.3, 0.4) is 0 Å². The Balaban J connectivity index is 1.91. The molecule has 0 spiro atoms. The SMILES string of the molecule is N#Cc1cc(C(=O)NCC(O)c2ccsc2)c[nH]1. The van der Waals surface area contributed by atoms with Crippen molar-refractivity contribution in [2.24, 2.45) is 0 Å². The third-order valence-electron chi connectivity index (χ3n) is 2.45. The first-order valence-electron chi connectivity index (χ1n) is 5.27. The number of nitrogens with zero attached hydrogens (tertiary/aromatic N) is 1. The van der Waals surface area contributed by atoms with Gasteiger partial charge in [-0.25, -0.2) is 0 Å². The molecule has 6 heteroatoms. The van der Waals surface area contributed by atoms with Crippen molar-refractivity contribution in [3.8, 4) is 6.07 Å². The summed E-state index contributed by atoms with van der Waals surface area (Å²) in [4.78, 5) is 14.4. The van der Waals surface area contributed by atoms with Crippen LogP contribution >= 0.6 is 11.3 Å². The normalized spacial score (nSPS) is 11.8. The maximum atomic E-state index is 11.7. The topological polar surface area (TPSA) is 88.9 Å². The van der Waals surface area contributed by atoms with Crippen LogP contribution in [0.2, 0.25) is 0 Å². The van der Waals surface area contributed by atoms with Gasteiger partial charge in [0, 0.05) is 12.7 Å². The number of aromatic amines is 1. The number of aliphatic hydroxyl groups is 1. The van der Waals surface area contributed by atoms with Crippen LogP contribution in [0.25, 0.3) is 0 Å². The second-order valence-electron chi connectivity index (χ2n) is 3.70. The summed E-state index contributed by atoms with van der Waals surface area (Å²) in [6.45, 7) is 0.142. The van der Waals surface area contributed by atoms with E-state index >= 15 is 0 Å². The van der Waals surface area contributed by atoms with Crippen LogP contribution in [0.15, 0.2) is 29.1 Å². The van der Waals surface area contributed by atoms with E-state index in [0.29, 0.717) is 11.3 Å². The molecule has 0 bridgehead atoms. The van der Waals surface area contributed by atoms with Crippen LogP contribution in [-0.2, 0) is 0 Å². The minimum atomic E-state index is -0.713. The zero-order chi connectivity index (χ0) is 13.0. The molecular weight excluding hydrogens is 250 g/mol. The summed E-state index contributed by atoms with van der Waals surface area (Å²) in [6.07, 6.45) is 0.750. The summed E-state index contributed by atoms with van der Waals surface area (Å²) >= 11 is 1.49. The summed E-state index contributed by atoms with van der Waals surface area (Å²) in [5, 5.41) is 24.7. The van der Waals surface area contributed by atoms with E-state index in [9.17, 15) is 9.90 Å². The molecule has 2 rings (SSSR count). The van der Waals surface area contributed by atoms with Crippen LogP contribution in [0.1, 0.15) is 27.7 Å². The fourth-order valence-corrected chi connectivity index (χ4v) is 2.17. The standard InChI is InChI=1S/C12H11N3O2S/c13-4-10-3-9(5-14-10)12(17)15-6-11(16)8-1-2-18-7-8/h1-3,5,7,11,14,16H,6H2,(H,15,17). The minimum absolute atomic E-state index is 0.142. The molecule has 0 saturated carbocycles. The lowest BCUT2D eigenvalue weighted by Crippen LogP contribution is -2.27. The zero-order valence-electron chi connectivity index (χ0n) is 9.38. The molecule has 0 aliphatic heterocycles. The number of hydrogen-bond acceptors (Lipinski definition) is 4. The Labute approximate surface area is 108 Å². The molecule has 0 fully saturated rings. The molecule has 1 amide bonds. The Bertz CT molecular complexity index is 568. The highest BCUT2D eigenvalue weighted by Gasteiger charge is 2.12. The first-order valence-corrected chi connectivity index (χ1v) is 6.22. The fourth-order valence-electron chi connectivity index (χ4n) is 1.46. The van der Waals surface area contributed by atoms with E-state index in [0.717, 1.165) is 5.56 Å². The lowest BCUT2D eigenvalue weighted by atomic mass is 10.2. The zero-order valence-corrected chi connectivity index (χ0v) is 10.2. The van der Waals surface area contributed by atoms with Gasteiger partial charge in [0.2, 0.25) is 0 Å². The Morgan fingerprint density at radius 3 is 3.11 bits per heavy atom. The summed E-state index contributed by atoms with van der Waals surface area (Å²) in [7, 11) is 0. The monoisotopic (exact) mass is 261 g/mol. The van der Waals surface area contributed by atoms with Gasteiger partial charge in [0.1, 0.15) is 11.8 Å². The summed E-state index contributed by atoms with van der Waals surface area (Å²) in [5.74, 6) is -0.318. The molecule has 2 heterocycles. The highest BCUT2D eigenvalue weighted by Crippen LogP contribution is 2.15. The lowest BCUT2D eigenvalue weighted by Gasteiger charge is -2.09. The summed E-state index contributed by atoms with van der Waals surface area (Å²) in [6, 6.07) is 5.18. The maximum Gasteiger partial charge on any atom is 0.252 e. The molecule has 1 unspecified atom stereocenters. The molecule has 3 N–H and O–H groups in total. The highest BCUT2D eigenvalue weighted by atomic mass is 32.1. The molecule has 0 aromatic carbocycles. The van der Waals surface area contributed by atoms with Crippen molar-refractivity contribution in [3.63, 3.8) is 0 Å². The van der Waals surface area contributed by atoms with Gasteiger partial charge >= 0.3 is 0 Å². The van der Waals surface area contributed by atoms with Gasteiger partial charge in [-0.05, 0) is 28.5 Å². The van der Waals surface area contributed by atoms with Gasteiger partial charge in [0.25, 0.3) is 5.91 Å². The highest BCUT2D eigenvalue weighted by molar-refractivity contribution is 7.07. The van der Waals surface area contributed by atoms with Crippen molar-refractivity contribution in [2.45, 2.75) is 6.10 Å². The molecule has 0 aliphatic rings. The summed E-state index contributed by atoms with van der Waals surface area (Å²) < 4.78 is 0. The number of carbonyl (C=O) groups excluding carboxylic acids is 1. The van der Waals surface area contributed by atoms with E-state index < -0.39 is 6.10 Å². The van der Waals surface area contributed by atoms with Crippen molar-refractivity contribution >= 4 is 17.2 Å². The van der Waals surface area contributed by atoms with Gasteiger partial charge in [-0.2, -0.15) is 16.6 Å². The van der Waals surface area contributed by atoms with E-state index in [1.807, 2.05) is 22.9 Å². The number of H-pyrrole nitrogens is 1. The van der Waals surface area contributed by atoms with Crippen molar-refractivity contribution in [2.75, 3.05) is 6.54 Å². The molecule has 92 valence electrons. The molecule has 1 atom stereocenters. The molecule has 5 nitrogen and oxygen atoms in total. The van der Waals surface area contributed by atoms with Gasteiger partial charge in [-0.1, -0.05) is 0 Å². The minimum Gasteiger partial charge on any atom is -0.387 e.